The van der Waals surface area contributed by atoms with Gasteiger partial charge in [0.25, 0.3) is 5.56 Å². The van der Waals surface area contributed by atoms with Gasteiger partial charge in [-0.15, -0.1) is 12.4 Å². The summed E-state index contributed by atoms with van der Waals surface area (Å²) in [5, 5.41) is 7.79. The molecular formula is C19H23ClN6O3. The summed E-state index contributed by atoms with van der Waals surface area (Å²) in [5.74, 6) is 0.606. The molecule has 1 unspecified atom stereocenters. The highest BCUT2D eigenvalue weighted by Crippen LogP contribution is 2.30. The molecule has 1 aromatic carbocycles. The number of ether oxygens (including phenoxy) is 1. The number of halogens is 1. The van der Waals surface area contributed by atoms with Gasteiger partial charge in [-0.2, -0.15) is 5.10 Å². The maximum atomic E-state index is 13.1. The predicted octanol–water partition coefficient (Wildman–Crippen LogP) is 0.733. The molecule has 0 radical (unpaired) electrons. The van der Waals surface area contributed by atoms with E-state index in [2.05, 4.69) is 15.4 Å². The van der Waals surface area contributed by atoms with Gasteiger partial charge in [-0.05, 0) is 6.07 Å². The average Bonchev–Trinajstić information content (AvgIpc) is 3.11. The Balaban J connectivity index is 0.00000240. The maximum Gasteiger partial charge on any atom is 0.264 e. The third-order valence-electron chi connectivity index (χ3n) is 5.09. The quantitative estimate of drug-likeness (QED) is 0.671. The van der Waals surface area contributed by atoms with Gasteiger partial charge in [0.2, 0.25) is 5.91 Å². The van der Waals surface area contributed by atoms with Crippen molar-refractivity contribution in [1.29, 1.82) is 0 Å². The van der Waals surface area contributed by atoms with E-state index in [0.717, 1.165) is 11.3 Å². The Labute approximate surface area is 173 Å². The van der Waals surface area contributed by atoms with Crippen LogP contribution in [0.2, 0.25) is 0 Å². The summed E-state index contributed by atoms with van der Waals surface area (Å²) in [7, 11) is 3.35. The number of amides is 1. The second kappa shape index (κ2) is 8.62. The molecule has 29 heavy (non-hydrogen) atoms. The van der Waals surface area contributed by atoms with Crippen molar-refractivity contribution in [2.45, 2.75) is 12.6 Å². The first kappa shape index (κ1) is 20.8. The molecule has 1 fully saturated rings. The summed E-state index contributed by atoms with van der Waals surface area (Å²) in [6.45, 7) is 1.81. The minimum atomic E-state index is -0.268. The highest BCUT2D eigenvalue weighted by atomic mass is 35.5. The predicted molar refractivity (Wildman–Crippen MR) is 110 cm³/mol. The lowest BCUT2D eigenvalue weighted by molar-refractivity contribution is -0.135. The van der Waals surface area contributed by atoms with Gasteiger partial charge in [-0.3, -0.25) is 18.8 Å². The highest BCUT2D eigenvalue weighted by molar-refractivity contribution is 5.85. The van der Waals surface area contributed by atoms with Crippen LogP contribution in [0.5, 0.6) is 5.75 Å². The number of fused-ring (bicyclic) bond motifs is 1. The number of hydrogen-bond acceptors (Lipinski definition) is 6. The summed E-state index contributed by atoms with van der Waals surface area (Å²) >= 11 is 0. The SMILES string of the molecule is COc1ccccc1C1CNCCN1C(=O)Cn1cnc2c(cnn2C)c1=O.Cl. The lowest BCUT2D eigenvalue weighted by Gasteiger charge is -2.37. The molecule has 1 saturated heterocycles. The number of rotatable bonds is 4. The molecule has 0 bridgehead atoms. The lowest BCUT2D eigenvalue weighted by Crippen LogP contribution is -2.50. The van der Waals surface area contributed by atoms with Crippen LogP contribution in [0.1, 0.15) is 11.6 Å². The smallest absolute Gasteiger partial charge is 0.264 e. The zero-order valence-electron chi connectivity index (χ0n) is 16.2. The minimum Gasteiger partial charge on any atom is -0.496 e. The number of piperazine rings is 1. The Bertz CT molecular complexity index is 1080. The first-order valence-corrected chi connectivity index (χ1v) is 9.10. The molecule has 10 heteroatoms. The zero-order valence-corrected chi connectivity index (χ0v) is 17.1. The largest absolute Gasteiger partial charge is 0.496 e. The summed E-state index contributed by atoms with van der Waals surface area (Å²) in [5.41, 5.74) is 1.18. The van der Waals surface area contributed by atoms with E-state index in [1.165, 1.54) is 21.8 Å². The van der Waals surface area contributed by atoms with Gasteiger partial charge in [-0.25, -0.2) is 4.98 Å². The molecule has 9 nitrogen and oxygen atoms in total. The van der Waals surface area contributed by atoms with E-state index >= 15 is 0 Å². The fraction of sp³-hybridized carbons (Fsp3) is 0.368. The number of aromatic nitrogens is 4. The van der Waals surface area contributed by atoms with E-state index in [0.29, 0.717) is 30.7 Å². The van der Waals surface area contributed by atoms with Crippen LogP contribution in [0, 0.1) is 0 Å². The summed E-state index contributed by atoms with van der Waals surface area (Å²) in [4.78, 5) is 31.8. The van der Waals surface area contributed by atoms with Crippen molar-refractivity contribution in [3.63, 3.8) is 0 Å². The third kappa shape index (κ3) is 3.83. The minimum absolute atomic E-state index is 0. The van der Waals surface area contributed by atoms with Crippen LogP contribution >= 0.6 is 12.4 Å². The van der Waals surface area contributed by atoms with Crippen molar-refractivity contribution in [3.8, 4) is 5.75 Å². The Morgan fingerprint density at radius 3 is 2.93 bits per heavy atom. The number of para-hydroxylation sites is 1. The molecule has 0 aliphatic carbocycles. The van der Waals surface area contributed by atoms with Crippen LogP contribution in [0.4, 0.5) is 0 Å². The van der Waals surface area contributed by atoms with Crippen LogP contribution in [0.15, 0.2) is 41.6 Å². The Kier molecular flexibility index (Phi) is 6.19. The highest BCUT2D eigenvalue weighted by Gasteiger charge is 2.30. The summed E-state index contributed by atoms with van der Waals surface area (Å²) in [6.07, 6.45) is 2.89. The molecule has 1 amide bonds. The molecule has 154 valence electrons. The van der Waals surface area contributed by atoms with Gasteiger partial charge in [0.15, 0.2) is 5.65 Å². The van der Waals surface area contributed by atoms with E-state index < -0.39 is 0 Å². The molecule has 0 saturated carbocycles. The van der Waals surface area contributed by atoms with Crippen molar-refractivity contribution in [1.82, 2.24) is 29.5 Å². The molecule has 4 rings (SSSR count). The first-order valence-electron chi connectivity index (χ1n) is 9.10. The third-order valence-corrected chi connectivity index (χ3v) is 5.09. The van der Waals surface area contributed by atoms with Gasteiger partial charge in [0.1, 0.15) is 24.0 Å². The monoisotopic (exact) mass is 418 g/mol. The van der Waals surface area contributed by atoms with Crippen molar-refractivity contribution < 1.29 is 9.53 Å². The molecule has 3 aromatic rings. The standard InChI is InChI=1S/C19H22N6O3.ClH/c1-23-18-14(9-22-23)19(27)24(12-21-18)11-17(26)25-8-7-20-10-15(25)13-5-3-4-6-16(13)28-2;/h3-6,9,12,15,20H,7-8,10-11H2,1-2H3;1H. The van der Waals surface area contributed by atoms with Crippen molar-refractivity contribution in [2.75, 3.05) is 26.7 Å². The second-order valence-electron chi connectivity index (χ2n) is 6.73. The van der Waals surface area contributed by atoms with Gasteiger partial charge in [-0.1, -0.05) is 18.2 Å². The van der Waals surface area contributed by atoms with Crippen LogP contribution in [0.3, 0.4) is 0 Å². The van der Waals surface area contributed by atoms with Crippen LogP contribution in [0.25, 0.3) is 11.0 Å². The van der Waals surface area contributed by atoms with E-state index in [1.807, 2.05) is 24.3 Å². The fourth-order valence-corrected chi connectivity index (χ4v) is 3.64. The summed E-state index contributed by atoms with van der Waals surface area (Å²) < 4.78 is 8.35. The van der Waals surface area contributed by atoms with Crippen molar-refractivity contribution >= 4 is 29.3 Å². The molecule has 2 aromatic heterocycles. The first-order chi connectivity index (χ1) is 13.6. The van der Waals surface area contributed by atoms with E-state index in [1.54, 1.807) is 19.1 Å². The number of nitrogens with zero attached hydrogens (tertiary/aromatic N) is 5. The second-order valence-corrected chi connectivity index (χ2v) is 6.73. The number of benzene rings is 1. The number of carbonyl (C=O) groups is 1. The number of nitrogens with one attached hydrogen (secondary N) is 1. The summed E-state index contributed by atoms with van der Waals surface area (Å²) in [6, 6.07) is 7.52. The Morgan fingerprint density at radius 2 is 2.14 bits per heavy atom. The van der Waals surface area contributed by atoms with Crippen LogP contribution in [-0.2, 0) is 18.4 Å². The van der Waals surface area contributed by atoms with Gasteiger partial charge >= 0.3 is 0 Å². The molecule has 1 N–H and O–H groups in total. The van der Waals surface area contributed by atoms with Crippen molar-refractivity contribution in [2.24, 2.45) is 7.05 Å². The van der Waals surface area contributed by atoms with Crippen LogP contribution < -0.4 is 15.6 Å². The number of carbonyl (C=O) groups excluding carboxylic acids is 1. The number of aryl methyl sites for hydroxylation is 1. The van der Waals surface area contributed by atoms with E-state index in [-0.39, 0.29) is 36.5 Å². The van der Waals surface area contributed by atoms with E-state index in [9.17, 15) is 9.59 Å². The molecule has 3 heterocycles. The van der Waals surface area contributed by atoms with Crippen LogP contribution in [-0.4, -0.2) is 56.9 Å². The zero-order chi connectivity index (χ0) is 19.7. The van der Waals surface area contributed by atoms with Gasteiger partial charge in [0.05, 0.1) is 19.3 Å². The molecule has 0 spiro atoms. The fourth-order valence-electron chi connectivity index (χ4n) is 3.64. The lowest BCUT2D eigenvalue weighted by atomic mass is 10.0. The number of hydrogen-bond donors (Lipinski definition) is 1. The molecular weight excluding hydrogens is 396 g/mol. The van der Waals surface area contributed by atoms with Crippen molar-refractivity contribution in [3.05, 3.63) is 52.7 Å². The normalized spacial score (nSPS) is 16.5. The van der Waals surface area contributed by atoms with E-state index in [4.69, 9.17) is 4.74 Å². The Morgan fingerprint density at radius 1 is 1.34 bits per heavy atom. The van der Waals surface area contributed by atoms with Gasteiger partial charge in [0, 0.05) is 32.2 Å². The molecule has 1 aliphatic rings. The maximum absolute atomic E-state index is 13.1. The molecule has 1 aliphatic heterocycles. The topological polar surface area (TPSA) is 94.3 Å². The average molecular weight is 419 g/mol. The number of methoxy groups -OCH3 is 1. The van der Waals surface area contributed by atoms with Gasteiger partial charge < -0.3 is 15.0 Å². The molecule has 1 atom stereocenters. The Hall–Kier alpha value is -2.91.